The molecule has 0 saturated carbocycles. The first kappa shape index (κ1) is 11.1. The number of hydrogen-bond acceptors (Lipinski definition) is 5. The van der Waals surface area contributed by atoms with E-state index in [1.165, 1.54) is 11.8 Å². The van der Waals surface area contributed by atoms with Crippen molar-refractivity contribution in [3.63, 3.8) is 0 Å². The number of ether oxygens (including phenoxy) is 1. The summed E-state index contributed by atoms with van der Waals surface area (Å²) in [4.78, 5) is 0. The molecule has 0 aliphatic rings. The normalized spacial score (nSPS) is 15.4. The molecule has 1 heterocycles. The Labute approximate surface area is 82.1 Å². The first-order valence-corrected chi connectivity index (χ1v) is 4.38. The van der Waals surface area contributed by atoms with Crippen LogP contribution in [0.4, 0.5) is 0 Å². The van der Waals surface area contributed by atoms with Crippen LogP contribution in [0.2, 0.25) is 0 Å². The summed E-state index contributed by atoms with van der Waals surface area (Å²) in [6, 6.07) is 0. The number of rotatable bonds is 5. The van der Waals surface area contributed by atoms with Gasteiger partial charge in [0.25, 0.3) is 0 Å². The summed E-state index contributed by atoms with van der Waals surface area (Å²) >= 11 is 0. The summed E-state index contributed by atoms with van der Waals surface area (Å²) in [5.41, 5.74) is 0.495. The van der Waals surface area contributed by atoms with Crippen molar-refractivity contribution in [2.45, 2.75) is 25.7 Å². The van der Waals surface area contributed by atoms with Crippen LogP contribution in [0.25, 0.3) is 0 Å². The van der Waals surface area contributed by atoms with Gasteiger partial charge in [-0.2, -0.15) is 0 Å². The SMILES string of the molecule is COCC(O)Cn1cc(C(C)O)nn1. The Kier molecular flexibility index (Phi) is 3.99. The molecule has 0 amide bonds. The monoisotopic (exact) mass is 201 g/mol. The van der Waals surface area contributed by atoms with Gasteiger partial charge in [-0.05, 0) is 6.92 Å². The molecule has 2 atom stereocenters. The maximum atomic E-state index is 9.37. The van der Waals surface area contributed by atoms with Crippen LogP contribution in [-0.4, -0.2) is 45.0 Å². The summed E-state index contributed by atoms with van der Waals surface area (Å²) in [6.45, 7) is 2.18. The van der Waals surface area contributed by atoms with Crippen LogP contribution in [0.5, 0.6) is 0 Å². The highest BCUT2D eigenvalue weighted by molar-refractivity contribution is 4.95. The van der Waals surface area contributed by atoms with Crippen molar-refractivity contribution in [3.05, 3.63) is 11.9 Å². The molecule has 2 N–H and O–H groups in total. The third-order valence-corrected chi connectivity index (χ3v) is 1.74. The zero-order valence-electron chi connectivity index (χ0n) is 8.29. The van der Waals surface area contributed by atoms with Gasteiger partial charge in [0.05, 0.1) is 31.6 Å². The number of aliphatic hydroxyl groups is 2. The fraction of sp³-hybridized carbons (Fsp3) is 0.750. The van der Waals surface area contributed by atoms with Gasteiger partial charge in [0.15, 0.2) is 0 Å². The van der Waals surface area contributed by atoms with Gasteiger partial charge < -0.3 is 14.9 Å². The average molecular weight is 201 g/mol. The molecule has 6 nitrogen and oxygen atoms in total. The van der Waals surface area contributed by atoms with Crippen LogP contribution in [0, 0.1) is 0 Å². The summed E-state index contributed by atoms with van der Waals surface area (Å²) < 4.78 is 6.25. The van der Waals surface area contributed by atoms with Crippen molar-refractivity contribution in [2.75, 3.05) is 13.7 Å². The van der Waals surface area contributed by atoms with Gasteiger partial charge in [-0.1, -0.05) is 5.21 Å². The predicted molar refractivity (Wildman–Crippen MR) is 48.5 cm³/mol. The molecule has 0 aromatic carbocycles. The Morgan fingerprint density at radius 2 is 2.29 bits per heavy atom. The summed E-state index contributed by atoms with van der Waals surface area (Å²) in [5, 5.41) is 26.0. The molecule has 0 saturated heterocycles. The third kappa shape index (κ3) is 3.06. The summed E-state index contributed by atoms with van der Waals surface area (Å²) in [5.74, 6) is 0. The largest absolute Gasteiger partial charge is 0.389 e. The van der Waals surface area contributed by atoms with Crippen LogP contribution >= 0.6 is 0 Å². The van der Waals surface area contributed by atoms with Gasteiger partial charge in [-0.3, -0.25) is 0 Å². The minimum atomic E-state index is -0.636. The lowest BCUT2D eigenvalue weighted by molar-refractivity contribution is 0.0510. The number of methoxy groups -OCH3 is 1. The highest BCUT2D eigenvalue weighted by Gasteiger charge is 2.09. The van der Waals surface area contributed by atoms with Crippen molar-refractivity contribution in [1.82, 2.24) is 15.0 Å². The quantitative estimate of drug-likeness (QED) is 0.661. The molecule has 2 unspecified atom stereocenters. The number of aliphatic hydroxyl groups excluding tert-OH is 2. The van der Waals surface area contributed by atoms with E-state index in [-0.39, 0.29) is 6.61 Å². The zero-order valence-corrected chi connectivity index (χ0v) is 8.29. The van der Waals surface area contributed by atoms with E-state index >= 15 is 0 Å². The van der Waals surface area contributed by atoms with Crippen molar-refractivity contribution in [3.8, 4) is 0 Å². The van der Waals surface area contributed by atoms with E-state index in [0.717, 1.165) is 0 Å². The van der Waals surface area contributed by atoms with E-state index in [1.54, 1.807) is 13.1 Å². The van der Waals surface area contributed by atoms with E-state index in [0.29, 0.717) is 12.2 Å². The van der Waals surface area contributed by atoms with Crippen LogP contribution < -0.4 is 0 Å². The minimum Gasteiger partial charge on any atom is -0.389 e. The topological polar surface area (TPSA) is 80.4 Å². The van der Waals surface area contributed by atoms with Gasteiger partial charge >= 0.3 is 0 Å². The second kappa shape index (κ2) is 5.04. The molecule has 1 aromatic heterocycles. The van der Waals surface area contributed by atoms with Crippen LogP contribution in [0.3, 0.4) is 0 Å². The molecule has 1 aromatic rings. The summed E-state index contributed by atoms with van der Waals surface area (Å²) in [7, 11) is 1.52. The number of aromatic nitrogens is 3. The van der Waals surface area contributed by atoms with Gasteiger partial charge in [0.2, 0.25) is 0 Å². The average Bonchev–Trinajstić information content (AvgIpc) is 2.53. The van der Waals surface area contributed by atoms with E-state index in [9.17, 15) is 10.2 Å². The lowest BCUT2D eigenvalue weighted by Gasteiger charge is -2.07. The Morgan fingerprint density at radius 1 is 1.57 bits per heavy atom. The standard InChI is InChI=1S/C8H15N3O3/c1-6(12)8-4-11(10-9-8)3-7(13)5-14-2/h4,6-7,12-13H,3,5H2,1-2H3. The van der Waals surface area contributed by atoms with Gasteiger partial charge in [-0.15, -0.1) is 5.10 Å². The van der Waals surface area contributed by atoms with E-state index in [2.05, 4.69) is 10.3 Å². The Bertz CT molecular complexity index is 275. The highest BCUT2D eigenvalue weighted by atomic mass is 16.5. The second-order valence-corrected chi connectivity index (χ2v) is 3.15. The highest BCUT2D eigenvalue weighted by Crippen LogP contribution is 2.06. The predicted octanol–water partition coefficient (Wildman–Crippen LogP) is -0.661. The van der Waals surface area contributed by atoms with Gasteiger partial charge in [0.1, 0.15) is 5.69 Å². The molecule has 80 valence electrons. The molecular weight excluding hydrogens is 186 g/mol. The molecule has 14 heavy (non-hydrogen) atoms. The Hall–Kier alpha value is -0.980. The van der Waals surface area contributed by atoms with Gasteiger partial charge in [-0.25, -0.2) is 4.68 Å². The van der Waals surface area contributed by atoms with Crippen molar-refractivity contribution >= 4 is 0 Å². The second-order valence-electron chi connectivity index (χ2n) is 3.15. The molecule has 0 aliphatic carbocycles. The van der Waals surface area contributed by atoms with Crippen LogP contribution in [0.1, 0.15) is 18.7 Å². The first-order chi connectivity index (χ1) is 6.63. The fourth-order valence-electron chi connectivity index (χ4n) is 1.06. The lowest BCUT2D eigenvalue weighted by Crippen LogP contribution is -2.21. The zero-order chi connectivity index (χ0) is 10.6. The maximum Gasteiger partial charge on any atom is 0.111 e. The molecular formula is C8H15N3O3. The number of nitrogens with zero attached hydrogens (tertiary/aromatic N) is 3. The molecule has 0 fully saturated rings. The number of hydrogen-bond donors (Lipinski definition) is 2. The van der Waals surface area contributed by atoms with E-state index < -0.39 is 12.2 Å². The molecule has 0 radical (unpaired) electrons. The van der Waals surface area contributed by atoms with Crippen LogP contribution in [-0.2, 0) is 11.3 Å². The van der Waals surface area contributed by atoms with E-state index in [1.807, 2.05) is 0 Å². The Balaban J connectivity index is 2.51. The fourth-order valence-corrected chi connectivity index (χ4v) is 1.06. The van der Waals surface area contributed by atoms with Crippen LogP contribution in [0.15, 0.2) is 6.20 Å². The molecule has 0 spiro atoms. The molecule has 1 rings (SSSR count). The smallest absolute Gasteiger partial charge is 0.111 e. The first-order valence-electron chi connectivity index (χ1n) is 4.38. The van der Waals surface area contributed by atoms with Crippen molar-refractivity contribution in [2.24, 2.45) is 0 Å². The summed E-state index contributed by atoms with van der Waals surface area (Å²) in [6.07, 6.45) is 0.357. The molecule has 6 heteroatoms. The van der Waals surface area contributed by atoms with Gasteiger partial charge in [0, 0.05) is 7.11 Å². The minimum absolute atomic E-state index is 0.254. The molecule has 0 aliphatic heterocycles. The van der Waals surface area contributed by atoms with Crippen molar-refractivity contribution < 1.29 is 14.9 Å². The van der Waals surface area contributed by atoms with Crippen molar-refractivity contribution in [1.29, 1.82) is 0 Å². The third-order valence-electron chi connectivity index (χ3n) is 1.74. The maximum absolute atomic E-state index is 9.37. The Morgan fingerprint density at radius 3 is 2.79 bits per heavy atom. The molecule has 0 bridgehead atoms. The van der Waals surface area contributed by atoms with E-state index in [4.69, 9.17) is 4.74 Å². The lowest BCUT2D eigenvalue weighted by atomic mass is 10.3.